The Morgan fingerprint density at radius 3 is 2.95 bits per heavy atom. The first-order valence-electron chi connectivity index (χ1n) is 7.10. The molecule has 1 aromatic rings. The van der Waals surface area contributed by atoms with Crippen molar-refractivity contribution in [1.82, 2.24) is 4.90 Å². The van der Waals surface area contributed by atoms with E-state index in [4.69, 9.17) is 10.5 Å². The predicted molar refractivity (Wildman–Crippen MR) is 82.5 cm³/mol. The number of unbranched alkanes of at least 4 members (excludes halogenated alkanes) is 1. The molecule has 0 aliphatic carbocycles. The second-order valence-electron chi connectivity index (χ2n) is 4.71. The molecular weight excluding hydrogens is 252 g/mol. The van der Waals surface area contributed by atoms with E-state index in [0.717, 1.165) is 31.2 Å². The summed E-state index contributed by atoms with van der Waals surface area (Å²) in [5, 5.41) is 0. The van der Waals surface area contributed by atoms with Crippen LogP contribution in [0.3, 0.4) is 0 Å². The Balaban J connectivity index is 1.84. The van der Waals surface area contributed by atoms with E-state index in [1.54, 1.807) is 0 Å². The highest BCUT2D eigenvalue weighted by molar-refractivity contribution is 5.87. The Morgan fingerprint density at radius 2 is 2.20 bits per heavy atom. The van der Waals surface area contributed by atoms with Crippen LogP contribution in [0.2, 0.25) is 0 Å². The molecule has 108 valence electrons. The van der Waals surface area contributed by atoms with Gasteiger partial charge in [-0.1, -0.05) is 31.5 Å². The number of ether oxygens (including phenoxy) is 1. The number of para-hydroxylation sites is 1. The largest absolute Gasteiger partial charge is 0.457 e. The van der Waals surface area contributed by atoms with Crippen LogP contribution < -0.4 is 5.73 Å². The summed E-state index contributed by atoms with van der Waals surface area (Å²) in [4.78, 5) is 10.9. The Kier molecular flexibility index (Phi) is 5.41. The minimum Gasteiger partial charge on any atom is -0.457 e. The summed E-state index contributed by atoms with van der Waals surface area (Å²) in [5.74, 6) is 0.977. The quantitative estimate of drug-likeness (QED) is 0.638. The Hall–Kier alpha value is -2.04. The van der Waals surface area contributed by atoms with Gasteiger partial charge < -0.3 is 15.4 Å². The zero-order valence-corrected chi connectivity index (χ0v) is 12.0. The van der Waals surface area contributed by atoms with Gasteiger partial charge in [0.1, 0.15) is 12.4 Å². The average Bonchev–Trinajstić information content (AvgIpc) is 2.91. The summed E-state index contributed by atoms with van der Waals surface area (Å²) in [6.45, 7) is 5.45. The Morgan fingerprint density at radius 1 is 1.40 bits per heavy atom. The number of nitrogens with zero attached hydrogens (tertiary/aromatic N) is 3. The first-order valence-corrected chi connectivity index (χ1v) is 7.10. The molecule has 1 aromatic carbocycles. The number of amidine groups is 2. The average molecular weight is 274 g/mol. The van der Waals surface area contributed by atoms with Crippen molar-refractivity contribution < 1.29 is 4.74 Å². The van der Waals surface area contributed by atoms with Crippen LogP contribution in [0.5, 0.6) is 0 Å². The van der Waals surface area contributed by atoms with E-state index in [0.29, 0.717) is 6.61 Å². The number of nitrogens with two attached hydrogens (primary N) is 1. The van der Waals surface area contributed by atoms with Crippen molar-refractivity contribution in [3.8, 4) is 0 Å². The van der Waals surface area contributed by atoms with Gasteiger partial charge in [-0.15, -0.1) is 0 Å². The zero-order chi connectivity index (χ0) is 14.2. The lowest BCUT2D eigenvalue weighted by molar-refractivity contribution is 0.331. The van der Waals surface area contributed by atoms with Crippen molar-refractivity contribution in [1.29, 1.82) is 0 Å². The van der Waals surface area contributed by atoms with Gasteiger partial charge in [-0.25, -0.2) is 0 Å². The predicted octanol–water partition coefficient (Wildman–Crippen LogP) is 2.16. The topological polar surface area (TPSA) is 63.2 Å². The van der Waals surface area contributed by atoms with Gasteiger partial charge in [-0.2, -0.15) is 4.99 Å². The van der Waals surface area contributed by atoms with Gasteiger partial charge in [0.2, 0.25) is 0 Å². The first-order chi connectivity index (χ1) is 9.79. The van der Waals surface area contributed by atoms with E-state index in [9.17, 15) is 0 Å². The van der Waals surface area contributed by atoms with E-state index in [1.807, 2.05) is 30.3 Å². The van der Waals surface area contributed by atoms with E-state index in [2.05, 4.69) is 21.8 Å². The third kappa shape index (κ3) is 4.26. The fourth-order valence-corrected chi connectivity index (χ4v) is 2.06. The number of hydrogen-bond donors (Lipinski definition) is 1. The van der Waals surface area contributed by atoms with E-state index in [-0.39, 0.29) is 6.02 Å². The highest BCUT2D eigenvalue weighted by Gasteiger charge is 2.16. The minimum atomic E-state index is 0.182. The van der Waals surface area contributed by atoms with E-state index in [1.165, 1.54) is 12.8 Å². The second kappa shape index (κ2) is 7.53. The Labute approximate surface area is 120 Å². The van der Waals surface area contributed by atoms with Crippen LogP contribution in [0.15, 0.2) is 40.3 Å². The van der Waals surface area contributed by atoms with Gasteiger partial charge >= 0.3 is 0 Å². The molecule has 0 bridgehead atoms. The minimum absolute atomic E-state index is 0.182. The molecule has 1 aliphatic rings. The van der Waals surface area contributed by atoms with Gasteiger partial charge in [-0.3, -0.25) is 4.99 Å². The lowest BCUT2D eigenvalue weighted by atomic mass is 10.3. The van der Waals surface area contributed by atoms with Gasteiger partial charge in [0, 0.05) is 13.1 Å². The number of rotatable bonds is 6. The summed E-state index contributed by atoms with van der Waals surface area (Å²) >= 11 is 0. The number of benzene rings is 1. The first kappa shape index (κ1) is 14.4. The zero-order valence-electron chi connectivity index (χ0n) is 12.0. The molecule has 0 saturated heterocycles. The van der Waals surface area contributed by atoms with Crippen LogP contribution in [0.4, 0.5) is 5.69 Å². The highest BCUT2D eigenvalue weighted by Crippen LogP contribution is 2.10. The van der Waals surface area contributed by atoms with Crippen LogP contribution in [0.25, 0.3) is 0 Å². The third-order valence-electron chi connectivity index (χ3n) is 3.16. The van der Waals surface area contributed by atoms with Crippen LogP contribution in [0.1, 0.15) is 19.8 Å². The normalized spacial score (nSPS) is 15.3. The maximum absolute atomic E-state index is 5.78. The van der Waals surface area contributed by atoms with Crippen molar-refractivity contribution in [2.24, 2.45) is 15.7 Å². The van der Waals surface area contributed by atoms with Gasteiger partial charge in [0.05, 0.1) is 12.2 Å². The fraction of sp³-hybridized carbons (Fsp3) is 0.467. The Bertz CT molecular complexity index is 470. The van der Waals surface area contributed by atoms with Crippen molar-refractivity contribution in [3.63, 3.8) is 0 Å². The molecule has 0 atom stereocenters. The summed E-state index contributed by atoms with van der Waals surface area (Å²) in [6, 6.07) is 9.73. The van der Waals surface area contributed by atoms with Crippen molar-refractivity contribution in [3.05, 3.63) is 30.3 Å². The maximum atomic E-state index is 5.78. The summed E-state index contributed by atoms with van der Waals surface area (Å²) < 4.78 is 5.50. The van der Waals surface area contributed by atoms with E-state index < -0.39 is 0 Å². The molecule has 0 amide bonds. The molecule has 0 saturated carbocycles. The smallest absolute Gasteiger partial charge is 0.287 e. The standard InChI is InChI=1S/C15H22N4O/c1-2-3-10-19-11-9-17-14(19)12-20-15(16)18-13-7-5-4-6-8-13/h4-8H,2-3,9-12H2,1H3,(H2,16,18). The lowest BCUT2D eigenvalue weighted by Crippen LogP contribution is -2.33. The van der Waals surface area contributed by atoms with E-state index >= 15 is 0 Å². The van der Waals surface area contributed by atoms with Gasteiger partial charge in [0.15, 0.2) is 0 Å². The van der Waals surface area contributed by atoms with Crippen molar-refractivity contribution in [2.45, 2.75) is 19.8 Å². The molecule has 20 heavy (non-hydrogen) atoms. The summed E-state index contributed by atoms with van der Waals surface area (Å²) in [7, 11) is 0. The molecule has 2 N–H and O–H groups in total. The molecule has 2 rings (SSSR count). The van der Waals surface area contributed by atoms with Crippen LogP contribution in [0, 0.1) is 0 Å². The van der Waals surface area contributed by atoms with Gasteiger partial charge in [0.25, 0.3) is 6.02 Å². The van der Waals surface area contributed by atoms with Crippen LogP contribution >= 0.6 is 0 Å². The molecular formula is C15H22N4O. The second-order valence-corrected chi connectivity index (χ2v) is 4.71. The highest BCUT2D eigenvalue weighted by atomic mass is 16.5. The molecule has 0 spiro atoms. The summed E-state index contributed by atoms with van der Waals surface area (Å²) in [5.41, 5.74) is 6.58. The van der Waals surface area contributed by atoms with Crippen molar-refractivity contribution in [2.75, 3.05) is 26.2 Å². The van der Waals surface area contributed by atoms with Gasteiger partial charge in [-0.05, 0) is 18.6 Å². The van der Waals surface area contributed by atoms with Crippen LogP contribution in [-0.4, -0.2) is 43.0 Å². The molecule has 5 nitrogen and oxygen atoms in total. The van der Waals surface area contributed by atoms with Crippen LogP contribution in [-0.2, 0) is 4.74 Å². The van der Waals surface area contributed by atoms with Crippen molar-refractivity contribution >= 4 is 17.5 Å². The third-order valence-corrected chi connectivity index (χ3v) is 3.16. The fourth-order valence-electron chi connectivity index (χ4n) is 2.06. The maximum Gasteiger partial charge on any atom is 0.287 e. The molecule has 1 aliphatic heterocycles. The summed E-state index contributed by atoms with van der Waals surface area (Å²) in [6.07, 6.45) is 2.36. The molecule has 0 radical (unpaired) electrons. The molecule has 1 heterocycles. The molecule has 0 fully saturated rings. The SMILES string of the molecule is CCCCN1CCN=C1COC(N)=Nc1ccccc1. The lowest BCUT2D eigenvalue weighted by Gasteiger charge is -2.19. The molecule has 0 aromatic heterocycles. The molecule has 5 heteroatoms. The number of aliphatic imine (C=N–C) groups is 2. The number of hydrogen-bond acceptors (Lipinski definition) is 4. The monoisotopic (exact) mass is 274 g/mol. The molecule has 0 unspecified atom stereocenters.